The number of phenols is 1. The molecule has 0 aromatic heterocycles. The highest BCUT2D eigenvalue weighted by Gasteiger charge is 2.17. The van der Waals surface area contributed by atoms with Crippen molar-refractivity contribution in [2.24, 2.45) is 0 Å². The predicted octanol–water partition coefficient (Wildman–Crippen LogP) is 3.32. The van der Waals surface area contributed by atoms with E-state index in [0.29, 0.717) is 18.7 Å². The fraction of sp³-hybridized carbons (Fsp3) is 0.250. The molecule has 3 rings (SSSR count). The molecule has 20 heavy (non-hydrogen) atoms. The summed E-state index contributed by atoms with van der Waals surface area (Å²) in [6, 6.07) is 11.8. The van der Waals surface area contributed by atoms with Gasteiger partial charge in [0.05, 0.1) is 12.3 Å². The van der Waals surface area contributed by atoms with Crippen molar-refractivity contribution in [1.82, 2.24) is 0 Å². The molecule has 1 N–H and O–H groups in total. The number of hydrogen-bond donors (Lipinski definition) is 1. The van der Waals surface area contributed by atoms with Crippen LogP contribution >= 0.6 is 0 Å². The number of hydrogen-bond acceptors (Lipinski definition) is 3. The molecular weight excluding hydrogens is 257 g/mol. The lowest BCUT2D eigenvalue weighted by Gasteiger charge is -2.24. The van der Waals surface area contributed by atoms with Gasteiger partial charge in [-0.25, -0.2) is 4.39 Å². The number of rotatable bonds is 2. The van der Waals surface area contributed by atoms with Gasteiger partial charge in [0, 0.05) is 18.7 Å². The number of phenolic OH excluding ortho intramolecular Hbond substituents is 1. The number of anilines is 1. The molecule has 1 aliphatic heterocycles. The van der Waals surface area contributed by atoms with Gasteiger partial charge in [0.1, 0.15) is 17.3 Å². The second kappa shape index (κ2) is 5.41. The Labute approximate surface area is 117 Å². The van der Waals surface area contributed by atoms with Crippen molar-refractivity contribution >= 4 is 5.69 Å². The van der Waals surface area contributed by atoms with Gasteiger partial charge in [-0.05, 0) is 36.8 Å². The van der Waals surface area contributed by atoms with Crippen LogP contribution in [0.5, 0.6) is 11.5 Å². The monoisotopic (exact) mass is 273 g/mol. The zero-order valence-electron chi connectivity index (χ0n) is 11.1. The lowest BCUT2D eigenvalue weighted by molar-refractivity contribution is 0.322. The SMILES string of the molecule is Oc1ccc(F)cc1CN1CCCOc2ccccc21. The van der Waals surface area contributed by atoms with E-state index < -0.39 is 0 Å². The largest absolute Gasteiger partial charge is 0.508 e. The average molecular weight is 273 g/mol. The Kier molecular flexibility index (Phi) is 3.46. The summed E-state index contributed by atoms with van der Waals surface area (Å²) in [5, 5.41) is 9.86. The number of ether oxygens (including phenoxy) is 1. The molecule has 3 nitrogen and oxygen atoms in total. The zero-order valence-corrected chi connectivity index (χ0v) is 11.1. The molecule has 1 aliphatic rings. The maximum absolute atomic E-state index is 13.3. The van der Waals surface area contributed by atoms with E-state index in [9.17, 15) is 9.50 Å². The zero-order chi connectivity index (χ0) is 13.9. The van der Waals surface area contributed by atoms with Crippen molar-refractivity contribution in [3.8, 4) is 11.5 Å². The highest BCUT2D eigenvalue weighted by Crippen LogP contribution is 2.32. The van der Waals surface area contributed by atoms with Crippen LogP contribution in [0.4, 0.5) is 10.1 Å². The maximum Gasteiger partial charge on any atom is 0.142 e. The Morgan fingerprint density at radius 3 is 2.95 bits per heavy atom. The average Bonchev–Trinajstić information content (AvgIpc) is 2.66. The van der Waals surface area contributed by atoms with Gasteiger partial charge in [0.2, 0.25) is 0 Å². The topological polar surface area (TPSA) is 32.7 Å². The molecule has 104 valence electrons. The van der Waals surface area contributed by atoms with E-state index in [2.05, 4.69) is 4.90 Å². The molecule has 2 aromatic rings. The predicted molar refractivity (Wildman–Crippen MR) is 75.7 cm³/mol. The van der Waals surface area contributed by atoms with E-state index in [-0.39, 0.29) is 11.6 Å². The van der Waals surface area contributed by atoms with Crippen molar-refractivity contribution < 1.29 is 14.2 Å². The number of halogens is 1. The van der Waals surface area contributed by atoms with Crippen LogP contribution in [0.1, 0.15) is 12.0 Å². The van der Waals surface area contributed by atoms with E-state index >= 15 is 0 Å². The second-order valence-electron chi connectivity index (χ2n) is 4.86. The van der Waals surface area contributed by atoms with Crippen LogP contribution in [0.25, 0.3) is 0 Å². The van der Waals surface area contributed by atoms with Crippen molar-refractivity contribution in [1.29, 1.82) is 0 Å². The molecule has 4 heteroatoms. The molecule has 0 unspecified atom stereocenters. The molecular formula is C16H16FNO2. The summed E-state index contributed by atoms with van der Waals surface area (Å²) >= 11 is 0. The first-order valence-electron chi connectivity index (χ1n) is 6.68. The Hall–Kier alpha value is -2.23. The molecule has 0 amide bonds. The summed E-state index contributed by atoms with van der Waals surface area (Å²) in [4.78, 5) is 2.11. The Morgan fingerprint density at radius 1 is 1.20 bits per heavy atom. The Bertz CT molecular complexity index is 615. The molecule has 0 fully saturated rings. The van der Waals surface area contributed by atoms with E-state index in [1.165, 1.54) is 18.2 Å². The smallest absolute Gasteiger partial charge is 0.142 e. The third-order valence-corrected chi connectivity index (χ3v) is 3.44. The summed E-state index contributed by atoms with van der Waals surface area (Å²) in [7, 11) is 0. The van der Waals surface area contributed by atoms with Crippen LogP contribution in [-0.2, 0) is 6.54 Å². The molecule has 0 saturated heterocycles. The van der Waals surface area contributed by atoms with Crippen LogP contribution in [0.15, 0.2) is 42.5 Å². The van der Waals surface area contributed by atoms with Gasteiger partial charge < -0.3 is 14.7 Å². The van der Waals surface area contributed by atoms with Crippen molar-refractivity contribution in [3.63, 3.8) is 0 Å². The Morgan fingerprint density at radius 2 is 2.05 bits per heavy atom. The number of benzene rings is 2. The highest BCUT2D eigenvalue weighted by molar-refractivity contribution is 5.59. The van der Waals surface area contributed by atoms with Gasteiger partial charge in [-0.3, -0.25) is 0 Å². The number of aromatic hydroxyl groups is 1. The molecule has 0 bridgehead atoms. The maximum atomic E-state index is 13.3. The van der Waals surface area contributed by atoms with Crippen molar-refractivity contribution in [3.05, 3.63) is 53.8 Å². The first kappa shape index (κ1) is 12.8. The lowest BCUT2D eigenvalue weighted by Crippen LogP contribution is -2.23. The van der Waals surface area contributed by atoms with Crippen LogP contribution in [0.3, 0.4) is 0 Å². The second-order valence-corrected chi connectivity index (χ2v) is 4.86. The summed E-state index contributed by atoms with van der Waals surface area (Å²) in [5.74, 6) is 0.618. The van der Waals surface area contributed by atoms with Gasteiger partial charge in [0.15, 0.2) is 0 Å². The van der Waals surface area contributed by atoms with E-state index in [4.69, 9.17) is 4.74 Å². The molecule has 0 radical (unpaired) electrons. The van der Waals surface area contributed by atoms with Gasteiger partial charge in [-0.2, -0.15) is 0 Å². The molecule has 0 aliphatic carbocycles. The highest BCUT2D eigenvalue weighted by atomic mass is 19.1. The summed E-state index contributed by atoms with van der Waals surface area (Å²) in [5.41, 5.74) is 1.57. The lowest BCUT2D eigenvalue weighted by atomic mass is 10.1. The third kappa shape index (κ3) is 2.54. The molecule has 0 spiro atoms. The minimum Gasteiger partial charge on any atom is -0.508 e. The standard InChI is InChI=1S/C16H16FNO2/c17-13-6-7-15(19)12(10-13)11-18-8-3-9-20-16-5-2-1-4-14(16)18/h1-2,4-7,10,19H,3,8-9,11H2. The molecule has 0 saturated carbocycles. The minimum absolute atomic E-state index is 0.119. The molecule has 1 heterocycles. The number of fused-ring (bicyclic) bond motifs is 1. The minimum atomic E-state index is -0.336. The van der Waals surface area contributed by atoms with Gasteiger partial charge >= 0.3 is 0 Å². The van der Waals surface area contributed by atoms with Crippen molar-refractivity contribution in [2.45, 2.75) is 13.0 Å². The fourth-order valence-corrected chi connectivity index (χ4v) is 2.45. The number of para-hydroxylation sites is 2. The first-order chi connectivity index (χ1) is 9.74. The third-order valence-electron chi connectivity index (χ3n) is 3.44. The fourth-order valence-electron chi connectivity index (χ4n) is 2.45. The summed E-state index contributed by atoms with van der Waals surface area (Å²) in [6.45, 7) is 1.94. The summed E-state index contributed by atoms with van der Waals surface area (Å²) in [6.07, 6.45) is 0.894. The van der Waals surface area contributed by atoms with Crippen LogP contribution in [-0.4, -0.2) is 18.3 Å². The first-order valence-corrected chi connectivity index (χ1v) is 6.68. The van der Waals surface area contributed by atoms with Gasteiger partial charge in [0.25, 0.3) is 0 Å². The molecule has 2 aromatic carbocycles. The van der Waals surface area contributed by atoms with Crippen LogP contribution in [0.2, 0.25) is 0 Å². The van der Waals surface area contributed by atoms with Crippen LogP contribution < -0.4 is 9.64 Å². The van der Waals surface area contributed by atoms with E-state index in [0.717, 1.165) is 24.4 Å². The Balaban J connectivity index is 1.92. The summed E-state index contributed by atoms with van der Waals surface area (Å²) < 4.78 is 19.0. The normalized spacial score (nSPS) is 14.3. The quantitative estimate of drug-likeness (QED) is 0.911. The van der Waals surface area contributed by atoms with E-state index in [1.54, 1.807) is 0 Å². The molecule has 0 atom stereocenters. The van der Waals surface area contributed by atoms with Crippen LogP contribution in [0, 0.1) is 5.82 Å². The van der Waals surface area contributed by atoms with Gasteiger partial charge in [-0.15, -0.1) is 0 Å². The van der Waals surface area contributed by atoms with E-state index in [1.807, 2.05) is 24.3 Å². The number of nitrogens with zero attached hydrogens (tertiary/aromatic N) is 1. The van der Waals surface area contributed by atoms with Crippen molar-refractivity contribution in [2.75, 3.05) is 18.1 Å². The van der Waals surface area contributed by atoms with Gasteiger partial charge in [-0.1, -0.05) is 12.1 Å².